The van der Waals surface area contributed by atoms with E-state index >= 15 is 0 Å². The smallest absolute Gasteiger partial charge is 0.416 e. The number of hydrogen-bond acceptors (Lipinski definition) is 3. The van der Waals surface area contributed by atoms with Crippen LogP contribution in [0.15, 0.2) is 48.5 Å². The molecule has 2 aromatic carbocycles. The predicted octanol–water partition coefficient (Wildman–Crippen LogP) is 4.96. The molecule has 0 bridgehead atoms. The lowest BCUT2D eigenvalue weighted by Crippen LogP contribution is -2.48. The predicted molar refractivity (Wildman–Crippen MR) is 126 cm³/mol. The van der Waals surface area contributed by atoms with Crippen molar-refractivity contribution in [3.8, 4) is 17.6 Å². The minimum atomic E-state index is -4.44. The maximum absolute atomic E-state index is 13.2. The SMILES string of the molecule is CCCCN1C(=O)CCC(C(=O)NCC#Cc2cccc(C(F)(F)F)c2)C1c1ccccc1OC. The average Bonchev–Trinajstić information content (AvgIpc) is 2.85. The number of methoxy groups -OCH3 is 1. The Balaban J connectivity index is 1.78. The molecule has 8 heteroatoms. The molecular weight excluding hydrogens is 457 g/mol. The first-order chi connectivity index (χ1) is 16.8. The van der Waals surface area contributed by atoms with Gasteiger partial charge < -0.3 is 15.0 Å². The zero-order chi connectivity index (χ0) is 25.4. The molecule has 1 saturated heterocycles. The fourth-order valence-corrected chi connectivity index (χ4v) is 4.30. The van der Waals surface area contributed by atoms with E-state index < -0.39 is 23.7 Å². The second-order valence-electron chi connectivity index (χ2n) is 8.37. The van der Waals surface area contributed by atoms with Crippen LogP contribution in [-0.4, -0.2) is 36.9 Å². The van der Waals surface area contributed by atoms with Crippen LogP contribution in [-0.2, 0) is 15.8 Å². The normalized spacial score (nSPS) is 18.0. The summed E-state index contributed by atoms with van der Waals surface area (Å²) in [6.45, 7) is 2.56. The third-order valence-corrected chi connectivity index (χ3v) is 6.03. The Kier molecular flexibility index (Phi) is 8.80. The van der Waals surface area contributed by atoms with E-state index in [1.165, 1.54) is 12.1 Å². The highest BCUT2D eigenvalue weighted by Crippen LogP contribution is 2.40. The first-order valence-corrected chi connectivity index (χ1v) is 11.6. The van der Waals surface area contributed by atoms with E-state index in [-0.39, 0.29) is 30.3 Å². The molecule has 0 radical (unpaired) electrons. The Hall–Kier alpha value is -3.47. The van der Waals surface area contributed by atoms with Crippen LogP contribution in [0.3, 0.4) is 0 Å². The van der Waals surface area contributed by atoms with E-state index in [0.29, 0.717) is 18.7 Å². The van der Waals surface area contributed by atoms with E-state index in [1.54, 1.807) is 12.0 Å². The van der Waals surface area contributed by atoms with Gasteiger partial charge in [0.25, 0.3) is 0 Å². The van der Waals surface area contributed by atoms with Crippen LogP contribution in [0.1, 0.15) is 55.3 Å². The van der Waals surface area contributed by atoms with Gasteiger partial charge in [0.15, 0.2) is 0 Å². The number of amides is 2. The molecular formula is C27H29F3N2O3. The third kappa shape index (κ3) is 6.56. The largest absolute Gasteiger partial charge is 0.496 e. The number of carbonyl (C=O) groups excluding carboxylic acids is 2. The molecule has 35 heavy (non-hydrogen) atoms. The number of nitrogens with zero attached hydrogens (tertiary/aromatic N) is 1. The van der Waals surface area contributed by atoms with Gasteiger partial charge in [0.1, 0.15) is 5.75 Å². The van der Waals surface area contributed by atoms with Gasteiger partial charge in [-0.05, 0) is 37.1 Å². The van der Waals surface area contributed by atoms with E-state index in [9.17, 15) is 22.8 Å². The molecule has 186 valence electrons. The Morgan fingerprint density at radius 1 is 1.20 bits per heavy atom. The molecule has 2 unspecified atom stereocenters. The van der Waals surface area contributed by atoms with Gasteiger partial charge in [0.2, 0.25) is 11.8 Å². The number of carbonyl (C=O) groups is 2. The number of likely N-dealkylation sites (tertiary alicyclic amines) is 1. The summed E-state index contributed by atoms with van der Waals surface area (Å²) in [6, 6.07) is 11.6. The summed E-state index contributed by atoms with van der Waals surface area (Å²) < 4.78 is 44.2. The molecule has 1 aliphatic heterocycles. The minimum absolute atomic E-state index is 0.00254. The van der Waals surface area contributed by atoms with Crippen molar-refractivity contribution < 1.29 is 27.5 Å². The quantitative estimate of drug-likeness (QED) is 0.563. The number of benzene rings is 2. The molecule has 0 aromatic heterocycles. The van der Waals surface area contributed by atoms with Gasteiger partial charge in [-0.15, -0.1) is 0 Å². The molecule has 1 heterocycles. The van der Waals surface area contributed by atoms with Crippen LogP contribution in [0.4, 0.5) is 13.2 Å². The van der Waals surface area contributed by atoms with Gasteiger partial charge in [0.05, 0.1) is 31.2 Å². The van der Waals surface area contributed by atoms with E-state index in [0.717, 1.165) is 30.5 Å². The van der Waals surface area contributed by atoms with Gasteiger partial charge in [-0.1, -0.05) is 49.5 Å². The summed E-state index contributed by atoms with van der Waals surface area (Å²) in [4.78, 5) is 27.8. The highest BCUT2D eigenvalue weighted by Gasteiger charge is 2.41. The Labute approximate surface area is 203 Å². The second-order valence-corrected chi connectivity index (χ2v) is 8.37. The lowest BCUT2D eigenvalue weighted by atomic mass is 9.83. The van der Waals surface area contributed by atoms with Crippen LogP contribution >= 0.6 is 0 Å². The molecule has 2 amide bonds. The first-order valence-electron chi connectivity index (χ1n) is 11.6. The number of piperidine rings is 1. The summed E-state index contributed by atoms with van der Waals surface area (Å²) in [5, 5.41) is 2.78. The van der Waals surface area contributed by atoms with Crippen molar-refractivity contribution >= 4 is 11.8 Å². The fraction of sp³-hybridized carbons (Fsp3) is 0.407. The van der Waals surface area contributed by atoms with Crippen molar-refractivity contribution in [1.29, 1.82) is 0 Å². The summed E-state index contributed by atoms with van der Waals surface area (Å²) in [6.07, 6.45) is -2.07. The minimum Gasteiger partial charge on any atom is -0.496 e. The molecule has 0 spiro atoms. The first kappa shape index (κ1) is 26.1. The van der Waals surface area contributed by atoms with E-state index in [4.69, 9.17) is 4.74 Å². The number of hydrogen-bond donors (Lipinski definition) is 1. The van der Waals surface area contributed by atoms with Gasteiger partial charge in [-0.25, -0.2) is 0 Å². The number of rotatable bonds is 7. The van der Waals surface area contributed by atoms with Crippen molar-refractivity contribution in [1.82, 2.24) is 10.2 Å². The lowest BCUT2D eigenvalue weighted by molar-refractivity contribution is -0.143. The summed E-state index contributed by atoms with van der Waals surface area (Å²) in [5.41, 5.74) is 0.219. The number of unbranched alkanes of at least 4 members (excludes halogenated alkanes) is 1. The number of halogens is 3. The maximum Gasteiger partial charge on any atom is 0.416 e. The van der Waals surface area contributed by atoms with Gasteiger partial charge in [-0.2, -0.15) is 13.2 Å². The molecule has 1 aliphatic rings. The van der Waals surface area contributed by atoms with Crippen molar-refractivity contribution in [2.24, 2.45) is 5.92 Å². The molecule has 1 N–H and O–H groups in total. The Bertz CT molecular complexity index is 1100. The molecule has 1 fully saturated rings. The highest BCUT2D eigenvalue weighted by molar-refractivity contribution is 5.85. The maximum atomic E-state index is 13.2. The summed E-state index contributed by atoms with van der Waals surface area (Å²) >= 11 is 0. The van der Waals surface area contributed by atoms with Crippen LogP contribution in [0.5, 0.6) is 5.75 Å². The van der Waals surface area contributed by atoms with E-state index in [2.05, 4.69) is 17.2 Å². The fourth-order valence-electron chi connectivity index (χ4n) is 4.30. The molecule has 2 atom stereocenters. The highest BCUT2D eigenvalue weighted by atomic mass is 19.4. The summed E-state index contributed by atoms with van der Waals surface area (Å²) in [7, 11) is 1.55. The van der Waals surface area contributed by atoms with Crippen LogP contribution in [0.25, 0.3) is 0 Å². The zero-order valence-electron chi connectivity index (χ0n) is 19.8. The topological polar surface area (TPSA) is 58.6 Å². The lowest BCUT2D eigenvalue weighted by Gasteiger charge is -2.41. The number of alkyl halides is 3. The van der Waals surface area contributed by atoms with Crippen LogP contribution < -0.4 is 10.1 Å². The monoisotopic (exact) mass is 486 g/mol. The number of nitrogens with one attached hydrogen (secondary N) is 1. The van der Waals surface area contributed by atoms with Crippen LogP contribution in [0, 0.1) is 17.8 Å². The second kappa shape index (κ2) is 11.8. The average molecular weight is 487 g/mol. The van der Waals surface area contributed by atoms with Crippen molar-refractivity contribution in [2.45, 2.75) is 44.8 Å². The molecule has 0 saturated carbocycles. The Morgan fingerprint density at radius 3 is 2.69 bits per heavy atom. The van der Waals surface area contributed by atoms with Gasteiger partial charge >= 0.3 is 6.18 Å². The number of ether oxygens (including phenoxy) is 1. The molecule has 5 nitrogen and oxygen atoms in total. The number of para-hydroxylation sites is 1. The standard InChI is InChI=1S/C27H29F3N2O3/c1-3-4-17-32-24(33)15-14-22(25(32)21-12-5-6-13-23(21)35-2)26(34)31-16-8-10-19-9-7-11-20(18-19)27(28,29)30/h5-7,9,11-13,18,22,25H,3-4,14-17H2,1-2H3,(H,31,34). The molecule has 3 rings (SSSR count). The third-order valence-electron chi connectivity index (χ3n) is 6.03. The zero-order valence-corrected chi connectivity index (χ0v) is 19.8. The summed E-state index contributed by atoms with van der Waals surface area (Å²) in [5.74, 6) is 5.25. The van der Waals surface area contributed by atoms with E-state index in [1.807, 2.05) is 31.2 Å². The molecule has 2 aromatic rings. The van der Waals surface area contributed by atoms with Crippen molar-refractivity contribution in [2.75, 3.05) is 20.2 Å². The Morgan fingerprint density at radius 2 is 1.97 bits per heavy atom. The molecule has 0 aliphatic carbocycles. The van der Waals surface area contributed by atoms with Gasteiger partial charge in [0, 0.05) is 24.1 Å². The van der Waals surface area contributed by atoms with Crippen molar-refractivity contribution in [3.63, 3.8) is 0 Å². The van der Waals surface area contributed by atoms with Crippen LogP contribution in [0.2, 0.25) is 0 Å². The van der Waals surface area contributed by atoms with Crippen molar-refractivity contribution in [3.05, 3.63) is 65.2 Å². The van der Waals surface area contributed by atoms with Gasteiger partial charge in [-0.3, -0.25) is 9.59 Å².